The molecule has 3 heterocycles. The van der Waals surface area contributed by atoms with Crippen molar-refractivity contribution in [3.8, 4) is 5.75 Å². The van der Waals surface area contributed by atoms with Crippen molar-refractivity contribution in [3.63, 3.8) is 0 Å². The lowest BCUT2D eigenvalue weighted by Gasteiger charge is -2.48. The fourth-order valence-electron chi connectivity index (χ4n) is 6.15. The van der Waals surface area contributed by atoms with Gasteiger partial charge in [-0.05, 0) is 30.7 Å². The van der Waals surface area contributed by atoms with E-state index in [4.69, 9.17) is 52.1 Å². The molecule has 3 aliphatic rings. The molecule has 284 valence electrons. The molecule has 0 saturated carbocycles. The molecule has 0 aliphatic carbocycles. The second-order valence-electron chi connectivity index (χ2n) is 12.0. The van der Waals surface area contributed by atoms with E-state index in [0.29, 0.717) is 11.3 Å². The molecule has 0 N–H and O–H groups in total. The van der Waals surface area contributed by atoms with Crippen molar-refractivity contribution < 1.29 is 80.9 Å². The molecular weight excluding hydrogens is 692 g/mol. The van der Waals surface area contributed by atoms with Gasteiger partial charge in [0.1, 0.15) is 18.5 Å². The van der Waals surface area contributed by atoms with Crippen LogP contribution in [0.25, 0.3) is 6.08 Å². The van der Waals surface area contributed by atoms with Crippen molar-refractivity contribution in [2.75, 3.05) is 20.8 Å². The third kappa shape index (κ3) is 10.4. The van der Waals surface area contributed by atoms with E-state index in [9.17, 15) is 28.8 Å². The first-order valence-corrected chi connectivity index (χ1v) is 16.3. The number of ether oxygens (including phenoxy) is 11. The van der Waals surface area contributed by atoms with Gasteiger partial charge >= 0.3 is 35.8 Å². The maximum atomic E-state index is 12.8. The van der Waals surface area contributed by atoms with Crippen LogP contribution in [0.5, 0.6) is 5.75 Å². The SMILES string of the molecule is COC(=O)C1=CO[C@@H](O[C@@H]2O[C@H](COC(=O)/C=C/c3ccc(OC(C)=O)cc3)[C@@H](OC(C)=O)[C@H](OC(C)=O)[C@H]2OC(C)=O)[C@@H]2[C@H](C)O[C@@H](OC)C[C@H]12. The largest absolute Gasteiger partial charge is 0.471 e. The van der Waals surface area contributed by atoms with E-state index >= 15 is 0 Å². The average Bonchev–Trinajstić information content (AvgIpc) is 3.08. The number of fused-ring (bicyclic) bond motifs is 1. The fraction of sp³-hybridized carbons (Fsp3) is 0.543. The summed E-state index contributed by atoms with van der Waals surface area (Å²) in [6, 6.07) is 6.31. The van der Waals surface area contributed by atoms with E-state index in [2.05, 4.69) is 0 Å². The van der Waals surface area contributed by atoms with Crippen LogP contribution in [0.3, 0.4) is 0 Å². The smallest absolute Gasteiger partial charge is 0.337 e. The first kappa shape index (κ1) is 39.9. The van der Waals surface area contributed by atoms with Crippen LogP contribution in [0.2, 0.25) is 0 Å². The summed E-state index contributed by atoms with van der Waals surface area (Å²) in [6.45, 7) is 5.76. The van der Waals surface area contributed by atoms with E-state index in [1.807, 2.05) is 0 Å². The second kappa shape index (κ2) is 18.1. The quantitative estimate of drug-likeness (QED) is 0.131. The van der Waals surface area contributed by atoms with Crippen LogP contribution < -0.4 is 4.74 Å². The summed E-state index contributed by atoms with van der Waals surface area (Å²) in [6.07, 6.45) is -5.82. The van der Waals surface area contributed by atoms with Crippen molar-refractivity contribution in [1.82, 2.24) is 0 Å². The van der Waals surface area contributed by atoms with E-state index in [1.54, 1.807) is 31.2 Å². The molecule has 0 unspecified atom stereocenters. The zero-order valence-electron chi connectivity index (χ0n) is 29.7. The molecule has 2 fully saturated rings. The Morgan fingerprint density at radius 1 is 0.808 bits per heavy atom. The van der Waals surface area contributed by atoms with Crippen LogP contribution >= 0.6 is 0 Å². The lowest BCUT2D eigenvalue weighted by Crippen LogP contribution is -2.64. The van der Waals surface area contributed by atoms with Gasteiger partial charge < -0.3 is 52.1 Å². The molecule has 0 radical (unpaired) electrons. The normalized spacial score (nSPS) is 29.7. The Hall–Kier alpha value is -4.84. The van der Waals surface area contributed by atoms with Gasteiger partial charge in [-0.1, -0.05) is 12.1 Å². The first-order chi connectivity index (χ1) is 24.7. The summed E-state index contributed by atoms with van der Waals surface area (Å²) in [7, 11) is 2.70. The first-order valence-electron chi connectivity index (χ1n) is 16.3. The van der Waals surface area contributed by atoms with Crippen molar-refractivity contribution in [2.24, 2.45) is 11.8 Å². The molecule has 2 saturated heterocycles. The molecule has 3 aliphatic heterocycles. The Bertz CT molecular complexity index is 1530. The molecule has 0 amide bonds. The molecule has 52 heavy (non-hydrogen) atoms. The summed E-state index contributed by atoms with van der Waals surface area (Å²) in [5.41, 5.74) is 0.802. The molecular formula is C35H42O17. The highest BCUT2D eigenvalue weighted by Crippen LogP contribution is 2.43. The van der Waals surface area contributed by atoms with E-state index in [1.165, 1.54) is 33.5 Å². The topological polar surface area (TPSA) is 204 Å². The molecule has 10 atom stereocenters. The lowest BCUT2D eigenvalue weighted by molar-refractivity contribution is -0.354. The standard InChI is InChI=1S/C35H42O17/c1-17-29-24(14-28(42-6)46-17)25(33(41)43-7)15-45-34(29)52-35-32(50-21(5)39)31(49-20(4)38)30(48-19(3)37)26(51-35)16-44-27(40)13-10-22-8-11-23(12-9-22)47-18(2)36/h8-13,15,17,24,26,28-32,34-35H,14,16H2,1-7H3/b13-10+/t17-,24+,26+,28+,29+,30+,31-,32+,34-,35-/m0/s1. The van der Waals surface area contributed by atoms with Gasteiger partial charge in [-0.3, -0.25) is 19.2 Å². The van der Waals surface area contributed by atoms with Gasteiger partial charge in [-0.25, -0.2) is 9.59 Å². The number of methoxy groups -OCH3 is 2. The van der Waals surface area contributed by atoms with Crippen LogP contribution in [-0.2, 0) is 76.1 Å². The van der Waals surface area contributed by atoms with Crippen molar-refractivity contribution in [1.29, 1.82) is 0 Å². The third-order valence-electron chi connectivity index (χ3n) is 8.26. The molecule has 4 rings (SSSR count). The number of carbonyl (C=O) groups is 6. The molecule has 0 aromatic heterocycles. The Morgan fingerprint density at radius 3 is 2.04 bits per heavy atom. The lowest BCUT2D eigenvalue weighted by atomic mass is 9.77. The van der Waals surface area contributed by atoms with Gasteiger partial charge in [0, 0.05) is 53.2 Å². The molecule has 1 aromatic rings. The third-order valence-corrected chi connectivity index (χ3v) is 8.26. The minimum Gasteiger partial charge on any atom is -0.471 e. The highest BCUT2D eigenvalue weighted by molar-refractivity contribution is 5.89. The van der Waals surface area contributed by atoms with Crippen LogP contribution in [0, 0.1) is 11.8 Å². The Labute approximate surface area is 299 Å². The van der Waals surface area contributed by atoms with E-state index in [0.717, 1.165) is 26.8 Å². The Balaban J connectivity index is 1.61. The number of carbonyl (C=O) groups excluding carboxylic acids is 6. The van der Waals surface area contributed by atoms with E-state index in [-0.39, 0.29) is 12.0 Å². The van der Waals surface area contributed by atoms with Crippen LogP contribution in [0.15, 0.2) is 42.2 Å². The predicted octanol–water partition coefficient (Wildman–Crippen LogP) is 2.13. The summed E-state index contributed by atoms with van der Waals surface area (Å²) in [4.78, 5) is 73.6. The number of esters is 6. The van der Waals surface area contributed by atoms with Crippen molar-refractivity contribution >= 4 is 41.9 Å². The highest BCUT2D eigenvalue weighted by Gasteiger charge is 2.56. The van der Waals surface area contributed by atoms with Gasteiger partial charge in [0.05, 0.1) is 31.0 Å². The molecule has 17 heteroatoms. The number of hydrogen-bond acceptors (Lipinski definition) is 17. The second-order valence-corrected chi connectivity index (χ2v) is 12.0. The van der Waals surface area contributed by atoms with Crippen LogP contribution in [0.1, 0.15) is 46.6 Å². The maximum Gasteiger partial charge on any atom is 0.337 e. The summed E-state index contributed by atoms with van der Waals surface area (Å²) in [5.74, 6) is -5.24. The summed E-state index contributed by atoms with van der Waals surface area (Å²) in [5, 5.41) is 0. The van der Waals surface area contributed by atoms with Gasteiger partial charge in [0.15, 0.2) is 24.6 Å². The minimum atomic E-state index is -1.57. The Morgan fingerprint density at radius 2 is 1.44 bits per heavy atom. The predicted molar refractivity (Wildman–Crippen MR) is 172 cm³/mol. The van der Waals surface area contributed by atoms with Crippen molar-refractivity contribution in [3.05, 3.63) is 47.7 Å². The van der Waals surface area contributed by atoms with Crippen LogP contribution in [0.4, 0.5) is 0 Å². The van der Waals surface area contributed by atoms with Crippen molar-refractivity contribution in [2.45, 2.75) is 90.4 Å². The Kier molecular flexibility index (Phi) is 13.9. The maximum absolute atomic E-state index is 12.8. The molecule has 0 bridgehead atoms. The number of hydrogen-bond donors (Lipinski definition) is 0. The van der Waals surface area contributed by atoms with Gasteiger partial charge in [-0.15, -0.1) is 0 Å². The molecule has 1 aromatic carbocycles. The van der Waals surface area contributed by atoms with Crippen LogP contribution in [-0.4, -0.2) is 106 Å². The minimum absolute atomic E-state index is 0.219. The van der Waals surface area contributed by atoms with Gasteiger partial charge in [0.2, 0.25) is 12.6 Å². The highest BCUT2D eigenvalue weighted by atomic mass is 16.8. The molecule has 0 spiro atoms. The molecule has 17 nitrogen and oxygen atoms in total. The average molecular weight is 735 g/mol. The van der Waals surface area contributed by atoms with E-state index < -0.39 is 104 Å². The monoisotopic (exact) mass is 734 g/mol. The summed E-state index contributed by atoms with van der Waals surface area (Å²) >= 11 is 0. The van der Waals surface area contributed by atoms with Gasteiger partial charge in [0.25, 0.3) is 0 Å². The van der Waals surface area contributed by atoms with Gasteiger partial charge in [-0.2, -0.15) is 0 Å². The summed E-state index contributed by atoms with van der Waals surface area (Å²) < 4.78 is 61.7. The zero-order chi connectivity index (χ0) is 38.1. The number of benzene rings is 1. The number of rotatable bonds is 12. The zero-order valence-corrected chi connectivity index (χ0v) is 29.7. The fourth-order valence-corrected chi connectivity index (χ4v) is 6.15.